The monoisotopic (exact) mass is 283 g/mol. The Labute approximate surface area is 114 Å². The SMILES string of the molecule is CS(=O)(=O)Nc1cc(O)ccc1CC1CCCCC1. The van der Waals surface area contributed by atoms with Gasteiger partial charge in [-0.3, -0.25) is 4.72 Å². The molecule has 2 N–H and O–H groups in total. The highest BCUT2D eigenvalue weighted by Crippen LogP contribution is 2.31. The molecule has 0 atom stereocenters. The summed E-state index contributed by atoms with van der Waals surface area (Å²) in [5.74, 6) is 0.706. The van der Waals surface area contributed by atoms with E-state index < -0.39 is 10.0 Å². The largest absolute Gasteiger partial charge is 0.508 e. The zero-order valence-electron chi connectivity index (χ0n) is 11.2. The highest BCUT2D eigenvalue weighted by atomic mass is 32.2. The molecule has 0 radical (unpaired) electrons. The van der Waals surface area contributed by atoms with Crippen molar-refractivity contribution in [1.29, 1.82) is 0 Å². The third kappa shape index (κ3) is 4.42. The second-order valence-corrected chi connectivity index (χ2v) is 7.17. The Morgan fingerprint density at radius 2 is 1.95 bits per heavy atom. The number of hydrogen-bond donors (Lipinski definition) is 2. The standard InChI is InChI=1S/C14H21NO3S/c1-19(17,18)15-14-10-13(16)8-7-12(14)9-11-5-3-2-4-6-11/h7-8,10-11,15-16H,2-6,9H2,1H3. The predicted molar refractivity (Wildman–Crippen MR) is 76.9 cm³/mol. The van der Waals surface area contributed by atoms with Crippen LogP contribution < -0.4 is 4.72 Å². The third-order valence-electron chi connectivity index (χ3n) is 3.62. The highest BCUT2D eigenvalue weighted by molar-refractivity contribution is 7.92. The topological polar surface area (TPSA) is 66.4 Å². The van der Waals surface area contributed by atoms with Crippen LogP contribution in [0.5, 0.6) is 5.75 Å². The van der Waals surface area contributed by atoms with Gasteiger partial charge < -0.3 is 5.11 Å². The molecule has 0 spiro atoms. The Balaban J connectivity index is 2.18. The van der Waals surface area contributed by atoms with E-state index in [1.807, 2.05) is 6.07 Å². The quantitative estimate of drug-likeness (QED) is 0.893. The number of aromatic hydroxyl groups is 1. The first kappa shape index (κ1) is 14.2. The summed E-state index contributed by atoms with van der Waals surface area (Å²) >= 11 is 0. The van der Waals surface area contributed by atoms with Crippen molar-refractivity contribution in [1.82, 2.24) is 0 Å². The lowest BCUT2D eigenvalue weighted by atomic mass is 9.84. The Bertz CT molecular complexity index is 534. The van der Waals surface area contributed by atoms with Gasteiger partial charge in [0.15, 0.2) is 0 Å². The second-order valence-electron chi connectivity index (χ2n) is 5.42. The number of anilines is 1. The second kappa shape index (κ2) is 5.82. The molecule has 19 heavy (non-hydrogen) atoms. The summed E-state index contributed by atoms with van der Waals surface area (Å²) in [6.07, 6.45) is 8.24. The van der Waals surface area contributed by atoms with Gasteiger partial charge in [-0.05, 0) is 24.0 Å². The van der Waals surface area contributed by atoms with E-state index in [1.54, 1.807) is 6.07 Å². The average Bonchev–Trinajstić information content (AvgIpc) is 2.32. The van der Waals surface area contributed by atoms with Crippen LogP contribution in [0.1, 0.15) is 37.7 Å². The van der Waals surface area contributed by atoms with Crippen LogP contribution in [-0.2, 0) is 16.4 Å². The van der Waals surface area contributed by atoms with Gasteiger partial charge >= 0.3 is 0 Å². The number of phenols is 1. The molecule has 1 aliphatic rings. The number of benzene rings is 1. The van der Waals surface area contributed by atoms with Crippen molar-refractivity contribution in [2.45, 2.75) is 38.5 Å². The van der Waals surface area contributed by atoms with Gasteiger partial charge in [0.2, 0.25) is 10.0 Å². The van der Waals surface area contributed by atoms with Gasteiger partial charge in [-0.2, -0.15) is 0 Å². The van der Waals surface area contributed by atoms with Crippen LogP contribution in [0.2, 0.25) is 0 Å². The smallest absolute Gasteiger partial charge is 0.229 e. The fraction of sp³-hybridized carbons (Fsp3) is 0.571. The van der Waals surface area contributed by atoms with E-state index in [0.29, 0.717) is 11.6 Å². The molecule has 0 bridgehead atoms. The minimum atomic E-state index is -3.32. The molecular weight excluding hydrogens is 262 g/mol. The number of hydrogen-bond acceptors (Lipinski definition) is 3. The van der Waals surface area contributed by atoms with Crippen LogP contribution in [0.25, 0.3) is 0 Å². The van der Waals surface area contributed by atoms with Gasteiger partial charge in [0.05, 0.1) is 11.9 Å². The summed E-state index contributed by atoms with van der Waals surface area (Å²) in [6, 6.07) is 4.92. The Morgan fingerprint density at radius 3 is 2.58 bits per heavy atom. The number of sulfonamides is 1. The van der Waals surface area contributed by atoms with E-state index >= 15 is 0 Å². The summed E-state index contributed by atoms with van der Waals surface area (Å²) in [5.41, 5.74) is 1.48. The summed E-state index contributed by atoms with van der Waals surface area (Å²) in [4.78, 5) is 0. The maximum absolute atomic E-state index is 11.4. The van der Waals surface area contributed by atoms with E-state index in [2.05, 4.69) is 4.72 Å². The molecule has 0 heterocycles. The summed E-state index contributed by atoms with van der Waals surface area (Å²) < 4.78 is 25.2. The molecule has 1 saturated carbocycles. The summed E-state index contributed by atoms with van der Waals surface area (Å²) in [5, 5.41) is 9.51. The molecule has 5 heteroatoms. The molecular formula is C14H21NO3S. The maximum Gasteiger partial charge on any atom is 0.229 e. The number of nitrogens with one attached hydrogen (secondary N) is 1. The van der Waals surface area contributed by atoms with Crippen molar-refractivity contribution in [3.05, 3.63) is 23.8 Å². The van der Waals surface area contributed by atoms with Gasteiger partial charge in [0, 0.05) is 6.07 Å². The van der Waals surface area contributed by atoms with Crippen molar-refractivity contribution in [2.24, 2.45) is 5.92 Å². The first-order chi connectivity index (χ1) is 8.94. The fourth-order valence-electron chi connectivity index (χ4n) is 2.74. The van der Waals surface area contributed by atoms with Crippen LogP contribution in [0.3, 0.4) is 0 Å². The van der Waals surface area contributed by atoms with E-state index in [9.17, 15) is 13.5 Å². The van der Waals surface area contributed by atoms with Crippen molar-refractivity contribution in [3.63, 3.8) is 0 Å². The zero-order valence-corrected chi connectivity index (χ0v) is 12.0. The van der Waals surface area contributed by atoms with Crippen LogP contribution in [0, 0.1) is 5.92 Å². The van der Waals surface area contributed by atoms with Crippen LogP contribution in [0.15, 0.2) is 18.2 Å². The molecule has 1 fully saturated rings. The lowest BCUT2D eigenvalue weighted by Crippen LogP contribution is -2.14. The van der Waals surface area contributed by atoms with Crippen LogP contribution in [-0.4, -0.2) is 19.8 Å². The first-order valence-corrected chi connectivity index (χ1v) is 8.63. The molecule has 0 aromatic heterocycles. The Kier molecular flexibility index (Phi) is 4.34. The minimum Gasteiger partial charge on any atom is -0.508 e. The number of phenolic OH excluding ortho intramolecular Hbond substituents is 1. The molecule has 0 amide bonds. The molecule has 2 rings (SSSR count). The van der Waals surface area contributed by atoms with Gasteiger partial charge in [-0.15, -0.1) is 0 Å². The van der Waals surface area contributed by atoms with E-state index in [1.165, 1.54) is 38.2 Å². The molecule has 0 unspecified atom stereocenters. The molecule has 0 saturated heterocycles. The van der Waals surface area contributed by atoms with Crippen molar-refractivity contribution < 1.29 is 13.5 Å². The Hall–Kier alpha value is -1.23. The minimum absolute atomic E-state index is 0.0820. The maximum atomic E-state index is 11.4. The molecule has 106 valence electrons. The number of rotatable bonds is 4. The van der Waals surface area contributed by atoms with Gasteiger partial charge in [-0.1, -0.05) is 38.2 Å². The van der Waals surface area contributed by atoms with Crippen molar-refractivity contribution in [2.75, 3.05) is 11.0 Å². The van der Waals surface area contributed by atoms with Gasteiger partial charge in [-0.25, -0.2) is 8.42 Å². The first-order valence-electron chi connectivity index (χ1n) is 6.74. The molecule has 1 aromatic carbocycles. The lowest BCUT2D eigenvalue weighted by molar-refractivity contribution is 0.357. The third-order valence-corrected chi connectivity index (χ3v) is 4.21. The van der Waals surface area contributed by atoms with Gasteiger partial charge in [0.25, 0.3) is 0 Å². The fourth-order valence-corrected chi connectivity index (χ4v) is 3.33. The predicted octanol–water partition coefficient (Wildman–Crippen LogP) is 2.89. The average molecular weight is 283 g/mol. The van der Waals surface area contributed by atoms with E-state index in [-0.39, 0.29) is 5.75 Å². The van der Waals surface area contributed by atoms with Crippen LogP contribution in [0.4, 0.5) is 5.69 Å². The van der Waals surface area contributed by atoms with Crippen LogP contribution >= 0.6 is 0 Å². The van der Waals surface area contributed by atoms with Crippen molar-refractivity contribution in [3.8, 4) is 5.75 Å². The molecule has 4 nitrogen and oxygen atoms in total. The molecule has 1 aromatic rings. The molecule has 0 aliphatic heterocycles. The van der Waals surface area contributed by atoms with Gasteiger partial charge in [0.1, 0.15) is 5.75 Å². The lowest BCUT2D eigenvalue weighted by Gasteiger charge is -2.22. The van der Waals surface area contributed by atoms with Crippen molar-refractivity contribution >= 4 is 15.7 Å². The Morgan fingerprint density at radius 1 is 1.26 bits per heavy atom. The normalized spacial score (nSPS) is 17.3. The highest BCUT2D eigenvalue weighted by Gasteiger charge is 2.17. The summed E-state index contributed by atoms with van der Waals surface area (Å²) in [6.45, 7) is 0. The zero-order chi connectivity index (χ0) is 13.9. The summed E-state index contributed by atoms with van der Waals surface area (Å²) in [7, 11) is -3.32. The molecule has 1 aliphatic carbocycles. The van der Waals surface area contributed by atoms with E-state index in [4.69, 9.17) is 0 Å². The van der Waals surface area contributed by atoms with E-state index in [0.717, 1.165) is 18.2 Å².